The average molecular weight is 454 g/mol. The van der Waals surface area contributed by atoms with Crippen LogP contribution in [0.3, 0.4) is 0 Å². The number of ether oxygens (including phenoxy) is 1. The van der Waals surface area contributed by atoms with Crippen molar-refractivity contribution in [1.29, 1.82) is 0 Å². The van der Waals surface area contributed by atoms with Crippen LogP contribution in [0.5, 0.6) is 0 Å². The van der Waals surface area contributed by atoms with Crippen molar-refractivity contribution >= 4 is 46.6 Å². The molecule has 0 aliphatic carbocycles. The number of hydrogen-bond donors (Lipinski definition) is 4. The van der Waals surface area contributed by atoms with Crippen LogP contribution in [0.1, 0.15) is 39.2 Å². The van der Waals surface area contributed by atoms with E-state index in [4.69, 9.17) is 33.6 Å². The molecule has 0 unspecified atom stereocenters. The minimum atomic E-state index is -0.111. The quantitative estimate of drug-likeness (QED) is 0.290. The topological polar surface area (TPSA) is 98.5 Å². The Balaban J connectivity index is 2.23. The molecule has 0 bridgehead atoms. The van der Waals surface area contributed by atoms with Crippen molar-refractivity contribution < 1.29 is 9.15 Å². The fourth-order valence-corrected chi connectivity index (χ4v) is 3.33. The number of hydrogen-bond acceptors (Lipinski definition) is 7. The van der Waals surface area contributed by atoms with Gasteiger partial charge in [-0.25, -0.2) is 0 Å². The average Bonchev–Trinajstić information content (AvgIpc) is 3.15. The molecule has 1 saturated heterocycles. The molecule has 30 heavy (non-hydrogen) atoms. The Labute approximate surface area is 188 Å². The molecule has 1 aliphatic rings. The van der Waals surface area contributed by atoms with E-state index in [1.807, 2.05) is 12.1 Å². The van der Waals surface area contributed by atoms with Crippen LogP contribution in [0.2, 0.25) is 0 Å². The van der Waals surface area contributed by atoms with Crippen LogP contribution in [0.25, 0.3) is 0 Å². The highest BCUT2D eigenvalue weighted by Gasteiger charge is 2.42. The van der Waals surface area contributed by atoms with Gasteiger partial charge in [-0.15, -0.1) is 0 Å². The Bertz CT molecular complexity index is 802. The molecule has 11 heteroatoms. The van der Waals surface area contributed by atoms with Gasteiger partial charge >= 0.3 is 0 Å². The first-order valence-corrected chi connectivity index (χ1v) is 10.4. The summed E-state index contributed by atoms with van der Waals surface area (Å²) in [5.41, 5.74) is 5.69. The number of hydrazone groups is 2. The van der Waals surface area contributed by atoms with Gasteiger partial charge in [0.05, 0.1) is 26.0 Å². The summed E-state index contributed by atoms with van der Waals surface area (Å²) in [7, 11) is 3.42. The second-order valence-electron chi connectivity index (χ2n) is 8.11. The predicted molar refractivity (Wildman–Crippen MR) is 128 cm³/mol. The van der Waals surface area contributed by atoms with Crippen LogP contribution >= 0.6 is 24.4 Å². The molecule has 0 saturated carbocycles. The van der Waals surface area contributed by atoms with Gasteiger partial charge in [-0.2, -0.15) is 10.2 Å². The Hall–Kier alpha value is -2.08. The van der Waals surface area contributed by atoms with Gasteiger partial charge in [-0.1, -0.05) is 0 Å². The summed E-state index contributed by atoms with van der Waals surface area (Å²) in [5.74, 6) is 1.38. The number of morpholine rings is 1. The van der Waals surface area contributed by atoms with E-state index in [2.05, 4.69) is 64.3 Å². The van der Waals surface area contributed by atoms with E-state index in [9.17, 15) is 0 Å². The van der Waals surface area contributed by atoms with Crippen molar-refractivity contribution in [3.05, 3.63) is 23.7 Å². The summed E-state index contributed by atoms with van der Waals surface area (Å²) >= 11 is 10.1. The van der Waals surface area contributed by atoms with Gasteiger partial charge in [0.25, 0.3) is 0 Å². The van der Waals surface area contributed by atoms with E-state index >= 15 is 0 Å². The van der Waals surface area contributed by atoms with Gasteiger partial charge in [0, 0.05) is 25.2 Å². The van der Waals surface area contributed by atoms with Gasteiger partial charge in [-0.05, 0) is 64.3 Å². The SMILES string of the molecule is CNC(=S)N/N=C/C(=N\NC(=S)NC)c1ccc(CN2C(C)(C)COCC2(C)C)o1. The summed E-state index contributed by atoms with van der Waals surface area (Å²) in [6.07, 6.45) is 1.51. The molecular formula is C19H31N7O2S2. The lowest BCUT2D eigenvalue weighted by molar-refractivity contribution is -0.133. The summed E-state index contributed by atoms with van der Waals surface area (Å²) in [6, 6.07) is 3.81. The molecule has 0 atom stereocenters. The van der Waals surface area contributed by atoms with Crippen molar-refractivity contribution in [2.45, 2.75) is 45.3 Å². The molecule has 0 radical (unpaired) electrons. The first-order valence-electron chi connectivity index (χ1n) is 9.60. The number of nitrogens with zero attached hydrogens (tertiary/aromatic N) is 3. The first-order chi connectivity index (χ1) is 14.1. The third-order valence-electron chi connectivity index (χ3n) is 4.68. The van der Waals surface area contributed by atoms with Crippen molar-refractivity contribution in [1.82, 2.24) is 26.4 Å². The Morgan fingerprint density at radius 3 is 2.27 bits per heavy atom. The van der Waals surface area contributed by atoms with Gasteiger partial charge in [0.1, 0.15) is 11.5 Å². The normalized spacial score (nSPS) is 18.8. The molecule has 2 heterocycles. The number of thiocarbonyl (C=S) groups is 2. The van der Waals surface area contributed by atoms with Crippen LogP contribution in [0, 0.1) is 0 Å². The highest BCUT2D eigenvalue weighted by atomic mass is 32.1. The molecule has 1 aliphatic heterocycles. The number of rotatable bonds is 6. The third kappa shape index (κ3) is 6.46. The second-order valence-corrected chi connectivity index (χ2v) is 8.92. The first kappa shape index (κ1) is 24.2. The fraction of sp³-hybridized carbons (Fsp3) is 0.579. The fourth-order valence-electron chi connectivity index (χ4n) is 3.23. The van der Waals surface area contributed by atoms with E-state index in [0.29, 0.717) is 41.5 Å². The predicted octanol–water partition coefficient (Wildman–Crippen LogP) is 1.55. The molecule has 1 aromatic rings. The highest BCUT2D eigenvalue weighted by molar-refractivity contribution is 7.80. The molecule has 0 aromatic carbocycles. The van der Waals surface area contributed by atoms with Crippen LogP contribution in [-0.4, -0.2) is 65.4 Å². The zero-order valence-electron chi connectivity index (χ0n) is 18.3. The van der Waals surface area contributed by atoms with Crippen molar-refractivity contribution in [3.63, 3.8) is 0 Å². The van der Waals surface area contributed by atoms with Gasteiger partial charge in [-0.3, -0.25) is 15.8 Å². The van der Waals surface area contributed by atoms with E-state index < -0.39 is 0 Å². The minimum absolute atomic E-state index is 0.111. The summed E-state index contributed by atoms with van der Waals surface area (Å²) in [6.45, 7) is 10.7. The molecule has 9 nitrogen and oxygen atoms in total. The Morgan fingerprint density at radius 1 is 1.07 bits per heavy atom. The zero-order chi connectivity index (χ0) is 22.4. The second kappa shape index (κ2) is 10.3. The van der Waals surface area contributed by atoms with Gasteiger partial charge in [0.2, 0.25) is 0 Å². The standard InChI is InChI=1S/C19H31N7O2S2/c1-18(2)11-27-12-19(3,4)26(18)10-13-7-8-15(28-13)14(23-25-17(30)21-6)9-22-24-16(29)20-5/h7-9H,10-12H2,1-6H3,(H2,20,24,29)(H2,21,25,30)/b22-9+,23-14+. The number of furan rings is 1. The van der Waals surface area contributed by atoms with E-state index in [-0.39, 0.29) is 11.1 Å². The maximum absolute atomic E-state index is 6.10. The summed E-state index contributed by atoms with van der Waals surface area (Å²) in [4.78, 5) is 2.40. The molecular weight excluding hydrogens is 422 g/mol. The van der Waals surface area contributed by atoms with Crippen molar-refractivity contribution in [2.75, 3.05) is 27.3 Å². The monoisotopic (exact) mass is 453 g/mol. The van der Waals surface area contributed by atoms with Gasteiger partial charge < -0.3 is 19.8 Å². The molecule has 4 N–H and O–H groups in total. The van der Waals surface area contributed by atoms with Crippen LogP contribution in [-0.2, 0) is 11.3 Å². The van der Waals surface area contributed by atoms with E-state index in [1.54, 1.807) is 14.1 Å². The summed E-state index contributed by atoms with van der Waals surface area (Å²) < 4.78 is 11.9. The number of nitrogens with one attached hydrogen (secondary N) is 4. The maximum Gasteiger partial charge on any atom is 0.186 e. The molecule has 0 spiro atoms. The largest absolute Gasteiger partial charge is 0.458 e. The molecule has 1 aromatic heterocycles. The Morgan fingerprint density at radius 2 is 1.67 bits per heavy atom. The highest BCUT2D eigenvalue weighted by Crippen LogP contribution is 2.32. The lowest BCUT2D eigenvalue weighted by Gasteiger charge is -2.52. The van der Waals surface area contributed by atoms with Crippen LogP contribution in [0.4, 0.5) is 0 Å². The van der Waals surface area contributed by atoms with Crippen molar-refractivity contribution in [3.8, 4) is 0 Å². The van der Waals surface area contributed by atoms with Crippen LogP contribution < -0.4 is 21.5 Å². The smallest absolute Gasteiger partial charge is 0.186 e. The summed E-state index contributed by atoms with van der Waals surface area (Å²) in [5, 5.41) is 14.7. The molecule has 2 rings (SSSR count). The third-order valence-corrected chi connectivity index (χ3v) is 5.28. The van der Waals surface area contributed by atoms with Crippen LogP contribution in [0.15, 0.2) is 26.8 Å². The molecule has 166 valence electrons. The lowest BCUT2D eigenvalue weighted by Crippen LogP contribution is -2.62. The van der Waals surface area contributed by atoms with E-state index in [1.165, 1.54) is 6.21 Å². The van der Waals surface area contributed by atoms with Crippen molar-refractivity contribution in [2.24, 2.45) is 10.2 Å². The Kier molecular flexibility index (Phi) is 8.30. The minimum Gasteiger partial charge on any atom is -0.458 e. The molecule has 0 amide bonds. The van der Waals surface area contributed by atoms with E-state index in [0.717, 1.165) is 5.76 Å². The maximum atomic E-state index is 6.10. The lowest BCUT2D eigenvalue weighted by atomic mass is 9.91. The molecule has 1 fully saturated rings. The van der Waals surface area contributed by atoms with Gasteiger partial charge in [0.15, 0.2) is 16.0 Å². The zero-order valence-corrected chi connectivity index (χ0v) is 20.0.